The SMILES string of the molecule is O=C(O)[C@@H]1CN(C(=O)c2ccc(-c3ccc(F)cc3)o2)CCO1. The van der Waals surface area contributed by atoms with Gasteiger partial charge in [0.05, 0.1) is 13.2 Å². The molecule has 0 bridgehead atoms. The number of rotatable bonds is 3. The monoisotopic (exact) mass is 319 g/mol. The van der Waals surface area contributed by atoms with Crippen LogP contribution in [0.1, 0.15) is 10.6 Å². The van der Waals surface area contributed by atoms with Gasteiger partial charge in [-0.1, -0.05) is 0 Å². The highest BCUT2D eigenvalue weighted by atomic mass is 19.1. The van der Waals surface area contributed by atoms with Gasteiger partial charge < -0.3 is 19.2 Å². The van der Waals surface area contributed by atoms with Gasteiger partial charge in [-0.2, -0.15) is 0 Å². The molecule has 23 heavy (non-hydrogen) atoms. The molecule has 1 aliphatic heterocycles. The lowest BCUT2D eigenvalue weighted by Gasteiger charge is -2.30. The summed E-state index contributed by atoms with van der Waals surface area (Å²) in [5.41, 5.74) is 0.649. The van der Waals surface area contributed by atoms with Crippen molar-refractivity contribution in [1.82, 2.24) is 4.90 Å². The Kier molecular flexibility index (Phi) is 4.12. The molecule has 0 spiro atoms. The van der Waals surface area contributed by atoms with Crippen LogP contribution < -0.4 is 0 Å². The van der Waals surface area contributed by atoms with E-state index in [1.807, 2.05) is 0 Å². The van der Waals surface area contributed by atoms with Gasteiger partial charge in [-0.15, -0.1) is 0 Å². The van der Waals surface area contributed by atoms with Gasteiger partial charge in [0.2, 0.25) is 0 Å². The summed E-state index contributed by atoms with van der Waals surface area (Å²) in [6.07, 6.45) is -1.03. The van der Waals surface area contributed by atoms with E-state index in [4.69, 9.17) is 14.3 Å². The fourth-order valence-electron chi connectivity index (χ4n) is 2.36. The second-order valence-corrected chi connectivity index (χ2v) is 5.12. The lowest BCUT2D eigenvalue weighted by Crippen LogP contribution is -2.48. The Bertz CT molecular complexity index is 724. The van der Waals surface area contributed by atoms with Crippen LogP contribution in [0, 0.1) is 5.82 Å². The smallest absolute Gasteiger partial charge is 0.334 e. The van der Waals surface area contributed by atoms with Gasteiger partial charge in [-0.3, -0.25) is 4.79 Å². The highest BCUT2D eigenvalue weighted by molar-refractivity contribution is 5.92. The lowest BCUT2D eigenvalue weighted by atomic mass is 10.2. The molecule has 1 N–H and O–H groups in total. The second kappa shape index (κ2) is 6.21. The molecule has 0 aliphatic carbocycles. The zero-order chi connectivity index (χ0) is 16.4. The van der Waals surface area contributed by atoms with Gasteiger partial charge in [-0.25, -0.2) is 9.18 Å². The van der Waals surface area contributed by atoms with Gasteiger partial charge in [-0.05, 0) is 36.4 Å². The molecule has 120 valence electrons. The molecular formula is C16H14FNO5. The third-order valence-electron chi connectivity index (χ3n) is 3.57. The largest absolute Gasteiger partial charge is 0.479 e. The molecule has 1 saturated heterocycles. The van der Waals surface area contributed by atoms with E-state index in [1.165, 1.54) is 23.1 Å². The first-order valence-corrected chi connectivity index (χ1v) is 7.04. The first-order valence-electron chi connectivity index (χ1n) is 7.04. The second-order valence-electron chi connectivity index (χ2n) is 5.12. The molecule has 1 amide bonds. The number of carboxylic acids is 1. The van der Waals surface area contributed by atoms with Crippen LogP contribution in [-0.4, -0.2) is 47.7 Å². The van der Waals surface area contributed by atoms with E-state index in [1.54, 1.807) is 18.2 Å². The molecule has 0 unspecified atom stereocenters. The van der Waals surface area contributed by atoms with E-state index >= 15 is 0 Å². The molecule has 2 aromatic rings. The first kappa shape index (κ1) is 15.2. The average Bonchev–Trinajstić information content (AvgIpc) is 3.05. The Morgan fingerprint density at radius 1 is 1.17 bits per heavy atom. The normalized spacial score (nSPS) is 18.0. The summed E-state index contributed by atoms with van der Waals surface area (Å²) in [5, 5.41) is 8.97. The van der Waals surface area contributed by atoms with Crippen LogP contribution in [0.4, 0.5) is 4.39 Å². The van der Waals surface area contributed by atoms with Gasteiger partial charge in [0.1, 0.15) is 11.6 Å². The van der Waals surface area contributed by atoms with E-state index in [9.17, 15) is 14.0 Å². The number of hydrogen-bond acceptors (Lipinski definition) is 4. The maximum atomic E-state index is 12.9. The minimum absolute atomic E-state index is 0.0270. The number of carbonyl (C=O) groups excluding carboxylic acids is 1. The number of nitrogens with zero attached hydrogens (tertiary/aromatic N) is 1. The molecule has 1 atom stereocenters. The fraction of sp³-hybridized carbons (Fsp3) is 0.250. The Morgan fingerprint density at radius 3 is 2.61 bits per heavy atom. The number of carboxylic acid groups (broad SMARTS) is 1. The van der Waals surface area contributed by atoms with E-state index < -0.39 is 18.0 Å². The Morgan fingerprint density at radius 2 is 1.91 bits per heavy atom. The van der Waals surface area contributed by atoms with Crippen LogP contribution >= 0.6 is 0 Å². The number of morpholine rings is 1. The Labute approximate surface area is 131 Å². The number of carbonyl (C=O) groups is 2. The molecular weight excluding hydrogens is 305 g/mol. The van der Waals surface area contributed by atoms with E-state index in [0.29, 0.717) is 17.9 Å². The maximum Gasteiger partial charge on any atom is 0.334 e. The topological polar surface area (TPSA) is 80.0 Å². The van der Waals surface area contributed by atoms with Crippen LogP contribution in [0.15, 0.2) is 40.8 Å². The number of benzene rings is 1. The number of amides is 1. The predicted molar refractivity (Wildman–Crippen MR) is 77.4 cm³/mol. The summed E-state index contributed by atoms with van der Waals surface area (Å²) < 4.78 is 23.5. The minimum atomic E-state index is -1.10. The number of furan rings is 1. The maximum absolute atomic E-state index is 12.9. The third kappa shape index (κ3) is 3.24. The van der Waals surface area contributed by atoms with E-state index in [-0.39, 0.29) is 24.7 Å². The fourth-order valence-corrected chi connectivity index (χ4v) is 2.36. The highest BCUT2D eigenvalue weighted by Crippen LogP contribution is 2.23. The lowest BCUT2D eigenvalue weighted by molar-refractivity contribution is -0.154. The summed E-state index contributed by atoms with van der Waals surface area (Å²) in [5.74, 6) is -1.31. The summed E-state index contributed by atoms with van der Waals surface area (Å²) in [6, 6.07) is 8.86. The molecule has 0 radical (unpaired) electrons. The van der Waals surface area contributed by atoms with Gasteiger partial charge in [0.15, 0.2) is 11.9 Å². The summed E-state index contributed by atoms with van der Waals surface area (Å²) in [4.78, 5) is 24.7. The van der Waals surface area contributed by atoms with Crippen LogP contribution in [-0.2, 0) is 9.53 Å². The molecule has 1 fully saturated rings. The van der Waals surface area contributed by atoms with Crippen LogP contribution in [0.2, 0.25) is 0 Å². The summed E-state index contributed by atoms with van der Waals surface area (Å²) in [7, 11) is 0. The standard InChI is InChI=1S/C16H14FNO5/c17-11-3-1-10(2-4-11)12-5-6-13(23-12)15(19)18-7-8-22-14(9-18)16(20)21/h1-6,14H,7-9H2,(H,20,21)/t14-/m0/s1. The molecule has 0 saturated carbocycles. The van der Waals surface area contributed by atoms with Crippen molar-refractivity contribution in [2.45, 2.75) is 6.10 Å². The van der Waals surface area contributed by atoms with Crippen molar-refractivity contribution < 1.29 is 28.2 Å². The molecule has 2 heterocycles. The van der Waals surface area contributed by atoms with Crippen molar-refractivity contribution in [3.8, 4) is 11.3 Å². The van der Waals surface area contributed by atoms with Crippen molar-refractivity contribution in [2.75, 3.05) is 19.7 Å². The van der Waals surface area contributed by atoms with Gasteiger partial charge >= 0.3 is 5.97 Å². The molecule has 1 aliphatic rings. The molecule has 3 rings (SSSR count). The van der Waals surface area contributed by atoms with Gasteiger partial charge in [0.25, 0.3) is 5.91 Å². The van der Waals surface area contributed by atoms with E-state index in [0.717, 1.165) is 0 Å². The average molecular weight is 319 g/mol. The zero-order valence-corrected chi connectivity index (χ0v) is 12.1. The summed E-state index contributed by atoms with van der Waals surface area (Å²) >= 11 is 0. The predicted octanol–water partition coefficient (Wildman–Crippen LogP) is 2.01. The Balaban J connectivity index is 1.75. The number of aliphatic carboxylic acids is 1. The quantitative estimate of drug-likeness (QED) is 0.936. The molecule has 6 nitrogen and oxygen atoms in total. The van der Waals surface area contributed by atoms with E-state index in [2.05, 4.69) is 0 Å². The molecule has 7 heteroatoms. The molecule has 1 aromatic carbocycles. The van der Waals surface area contributed by atoms with Crippen LogP contribution in [0.25, 0.3) is 11.3 Å². The number of ether oxygens (including phenoxy) is 1. The minimum Gasteiger partial charge on any atom is -0.479 e. The number of hydrogen-bond donors (Lipinski definition) is 1. The van der Waals surface area contributed by atoms with Crippen molar-refractivity contribution in [1.29, 1.82) is 0 Å². The van der Waals surface area contributed by atoms with Crippen molar-refractivity contribution in [3.63, 3.8) is 0 Å². The Hall–Kier alpha value is -2.67. The van der Waals surface area contributed by atoms with Gasteiger partial charge in [0, 0.05) is 12.1 Å². The summed E-state index contributed by atoms with van der Waals surface area (Å²) in [6.45, 7) is 0.435. The first-order chi connectivity index (χ1) is 11.0. The van der Waals surface area contributed by atoms with Crippen molar-refractivity contribution >= 4 is 11.9 Å². The highest BCUT2D eigenvalue weighted by Gasteiger charge is 2.30. The van der Waals surface area contributed by atoms with Crippen LogP contribution in [0.3, 0.4) is 0 Å². The van der Waals surface area contributed by atoms with Crippen molar-refractivity contribution in [2.24, 2.45) is 0 Å². The number of halogens is 1. The zero-order valence-electron chi connectivity index (χ0n) is 12.1. The van der Waals surface area contributed by atoms with Crippen molar-refractivity contribution in [3.05, 3.63) is 48.0 Å². The third-order valence-corrected chi connectivity index (χ3v) is 3.57. The molecule has 1 aromatic heterocycles. The van der Waals surface area contributed by atoms with Crippen LogP contribution in [0.5, 0.6) is 0 Å².